The fraction of sp³-hybridized carbons (Fsp3) is 0.450. The van der Waals surface area contributed by atoms with E-state index >= 15 is 0 Å². The van der Waals surface area contributed by atoms with Crippen LogP contribution in [0.3, 0.4) is 0 Å². The lowest BCUT2D eigenvalue weighted by Crippen LogP contribution is -2.22. The van der Waals surface area contributed by atoms with Crippen LogP contribution in [-0.2, 0) is 34.3 Å². The highest BCUT2D eigenvalue weighted by atomic mass is 32.2. The average molecular weight is 433 g/mol. The van der Waals surface area contributed by atoms with E-state index in [9.17, 15) is 13.2 Å². The first-order valence-corrected chi connectivity index (χ1v) is 11.3. The van der Waals surface area contributed by atoms with E-state index < -0.39 is 16.0 Å². The van der Waals surface area contributed by atoms with Gasteiger partial charge in [0, 0.05) is 27.1 Å². The Morgan fingerprint density at radius 1 is 1.30 bits per heavy atom. The van der Waals surface area contributed by atoms with Crippen molar-refractivity contribution >= 4 is 27.0 Å². The van der Waals surface area contributed by atoms with Gasteiger partial charge in [-0.05, 0) is 43.9 Å². The van der Waals surface area contributed by atoms with Crippen LogP contribution in [0, 0.1) is 5.92 Å². The van der Waals surface area contributed by atoms with E-state index in [2.05, 4.69) is 9.97 Å². The number of carbonyl (C=O) groups is 1. The molecule has 4 rings (SSSR count). The Hall–Kier alpha value is -2.72. The van der Waals surface area contributed by atoms with Crippen molar-refractivity contribution in [1.29, 1.82) is 0 Å². The molecule has 160 valence electrons. The van der Waals surface area contributed by atoms with Crippen LogP contribution >= 0.6 is 0 Å². The highest BCUT2D eigenvalue weighted by molar-refractivity contribution is 7.89. The first-order chi connectivity index (χ1) is 14.3. The summed E-state index contributed by atoms with van der Waals surface area (Å²) in [5.41, 5.74) is 1.44. The normalized spacial score (nSPS) is 14.5. The molecule has 1 saturated carbocycles. The molecule has 0 spiro atoms. The van der Waals surface area contributed by atoms with Gasteiger partial charge in [-0.3, -0.25) is 0 Å². The summed E-state index contributed by atoms with van der Waals surface area (Å²) in [5.74, 6) is 1.12. The molecule has 1 aromatic carbocycles. The molecule has 0 bridgehead atoms. The lowest BCUT2D eigenvalue weighted by atomic mass is 10.3. The quantitative estimate of drug-likeness (QED) is 0.504. The van der Waals surface area contributed by atoms with Gasteiger partial charge in [-0.1, -0.05) is 0 Å². The molecule has 0 aliphatic heterocycles. The van der Waals surface area contributed by atoms with Gasteiger partial charge >= 0.3 is 5.97 Å². The van der Waals surface area contributed by atoms with E-state index in [4.69, 9.17) is 9.15 Å². The molecule has 1 fully saturated rings. The molecule has 3 aromatic rings. The molecule has 9 nitrogen and oxygen atoms in total. The second-order valence-corrected chi connectivity index (χ2v) is 9.71. The summed E-state index contributed by atoms with van der Waals surface area (Å²) >= 11 is 0. The second kappa shape index (κ2) is 7.84. The SMILES string of the molecule is CCn1c(COC(=O)c2coc(CC3CC3)n2)nc2cc(S(=O)(=O)N(C)C)ccc21. The van der Waals surface area contributed by atoms with Crippen molar-refractivity contribution in [2.75, 3.05) is 14.1 Å². The third-order valence-corrected chi connectivity index (χ3v) is 6.96. The van der Waals surface area contributed by atoms with Gasteiger partial charge in [0.05, 0.1) is 15.9 Å². The fourth-order valence-electron chi connectivity index (χ4n) is 3.27. The van der Waals surface area contributed by atoms with Crippen molar-refractivity contribution < 1.29 is 22.4 Å². The standard InChI is InChI=1S/C20H24N4O5S/c1-4-24-17-8-7-14(30(26,27)23(2)3)10-15(17)21-18(24)12-29-20(25)16-11-28-19(22-16)9-13-5-6-13/h7-8,10-11,13H,4-6,9,12H2,1-3H3. The van der Waals surface area contributed by atoms with Crippen LogP contribution < -0.4 is 0 Å². The predicted molar refractivity (Wildman–Crippen MR) is 108 cm³/mol. The van der Waals surface area contributed by atoms with E-state index in [1.807, 2.05) is 11.5 Å². The van der Waals surface area contributed by atoms with Gasteiger partial charge in [0.15, 0.2) is 11.6 Å². The Morgan fingerprint density at radius 2 is 2.07 bits per heavy atom. The second-order valence-electron chi connectivity index (χ2n) is 7.56. The van der Waals surface area contributed by atoms with Crippen molar-refractivity contribution in [2.45, 2.75) is 44.2 Å². The molecule has 0 radical (unpaired) electrons. The number of sulfonamides is 1. The largest absolute Gasteiger partial charge is 0.453 e. The molecular weight excluding hydrogens is 408 g/mol. The van der Waals surface area contributed by atoms with Gasteiger partial charge < -0.3 is 13.7 Å². The summed E-state index contributed by atoms with van der Waals surface area (Å²) in [7, 11) is -0.600. The molecular formula is C20H24N4O5S. The number of hydrogen-bond acceptors (Lipinski definition) is 7. The van der Waals surface area contributed by atoms with Crippen molar-refractivity contribution in [2.24, 2.45) is 5.92 Å². The molecule has 2 heterocycles. The smallest absolute Gasteiger partial charge is 0.360 e. The molecule has 2 aromatic heterocycles. The molecule has 0 saturated heterocycles. The molecule has 0 atom stereocenters. The number of carbonyl (C=O) groups excluding carboxylic acids is 1. The molecule has 10 heteroatoms. The van der Waals surface area contributed by atoms with Crippen LogP contribution in [0.5, 0.6) is 0 Å². The molecule has 30 heavy (non-hydrogen) atoms. The van der Waals surface area contributed by atoms with Gasteiger partial charge in [0.2, 0.25) is 10.0 Å². The van der Waals surface area contributed by atoms with Crippen molar-refractivity contribution in [1.82, 2.24) is 18.8 Å². The van der Waals surface area contributed by atoms with E-state index in [0.29, 0.717) is 29.7 Å². The summed E-state index contributed by atoms with van der Waals surface area (Å²) < 4.78 is 38.6. The number of oxazole rings is 1. The van der Waals surface area contributed by atoms with E-state index in [1.54, 1.807) is 12.1 Å². The van der Waals surface area contributed by atoms with E-state index in [1.165, 1.54) is 39.3 Å². The van der Waals surface area contributed by atoms with Crippen LogP contribution in [0.15, 0.2) is 33.8 Å². The first kappa shape index (κ1) is 20.5. The molecule has 1 aliphatic carbocycles. The number of esters is 1. The lowest BCUT2D eigenvalue weighted by Gasteiger charge is -2.11. The van der Waals surface area contributed by atoms with Gasteiger partial charge in [-0.25, -0.2) is 27.5 Å². The topological polar surface area (TPSA) is 108 Å². The Bertz CT molecular complexity index is 1190. The Labute approximate surface area is 174 Å². The maximum Gasteiger partial charge on any atom is 0.360 e. The summed E-state index contributed by atoms with van der Waals surface area (Å²) in [6.07, 6.45) is 4.41. The zero-order valence-electron chi connectivity index (χ0n) is 17.2. The fourth-order valence-corrected chi connectivity index (χ4v) is 4.19. The summed E-state index contributed by atoms with van der Waals surface area (Å²) in [5, 5.41) is 0. The minimum absolute atomic E-state index is 0.0536. The first-order valence-electron chi connectivity index (χ1n) is 9.82. The van der Waals surface area contributed by atoms with E-state index in [0.717, 1.165) is 16.2 Å². The molecule has 0 unspecified atom stereocenters. The van der Waals surface area contributed by atoms with Crippen LogP contribution in [-0.4, -0.2) is 47.3 Å². The number of ether oxygens (including phenoxy) is 1. The predicted octanol–water partition coefficient (Wildman–Crippen LogP) is 2.60. The number of benzene rings is 1. The minimum Gasteiger partial charge on any atom is -0.453 e. The number of fused-ring (bicyclic) bond motifs is 1. The number of imidazole rings is 1. The monoisotopic (exact) mass is 432 g/mol. The number of hydrogen-bond donors (Lipinski definition) is 0. The van der Waals surface area contributed by atoms with Crippen molar-refractivity contribution in [3.05, 3.63) is 41.9 Å². The molecule has 0 N–H and O–H groups in total. The number of nitrogens with zero attached hydrogens (tertiary/aromatic N) is 4. The summed E-state index contributed by atoms with van der Waals surface area (Å²) in [4.78, 5) is 21.2. The third kappa shape index (κ3) is 3.97. The van der Waals surface area contributed by atoms with Crippen molar-refractivity contribution in [3.8, 4) is 0 Å². The number of aromatic nitrogens is 3. The lowest BCUT2D eigenvalue weighted by molar-refractivity contribution is 0.0451. The van der Waals surface area contributed by atoms with Crippen LogP contribution in [0.1, 0.15) is 42.0 Å². The maximum absolute atomic E-state index is 12.4. The van der Waals surface area contributed by atoms with Gasteiger partial charge in [0.25, 0.3) is 0 Å². The molecule has 0 amide bonds. The highest BCUT2D eigenvalue weighted by Crippen LogP contribution is 2.32. The van der Waals surface area contributed by atoms with Gasteiger partial charge in [-0.2, -0.15) is 0 Å². The maximum atomic E-state index is 12.4. The Kier molecular flexibility index (Phi) is 5.37. The zero-order chi connectivity index (χ0) is 21.5. The summed E-state index contributed by atoms with van der Waals surface area (Å²) in [6.45, 7) is 2.49. The van der Waals surface area contributed by atoms with Crippen molar-refractivity contribution in [3.63, 3.8) is 0 Å². The Balaban J connectivity index is 1.53. The van der Waals surface area contributed by atoms with Crippen LogP contribution in [0.25, 0.3) is 11.0 Å². The number of rotatable bonds is 8. The Morgan fingerprint density at radius 3 is 2.73 bits per heavy atom. The third-order valence-electron chi connectivity index (χ3n) is 5.15. The van der Waals surface area contributed by atoms with Crippen LogP contribution in [0.2, 0.25) is 0 Å². The highest BCUT2D eigenvalue weighted by Gasteiger charge is 2.25. The van der Waals surface area contributed by atoms with Gasteiger partial charge in [0.1, 0.15) is 18.7 Å². The number of aryl methyl sites for hydroxylation is 1. The van der Waals surface area contributed by atoms with Crippen LogP contribution in [0.4, 0.5) is 0 Å². The minimum atomic E-state index is -3.56. The van der Waals surface area contributed by atoms with E-state index in [-0.39, 0.29) is 17.2 Å². The average Bonchev–Trinajstić information content (AvgIpc) is 3.27. The molecule has 1 aliphatic rings. The van der Waals surface area contributed by atoms with Gasteiger partial charge in [-0.15, -0.1) is 0 Å². The zero-order valence-corrected chi connectivity index (χ0v) is 18.0. The summed E-state index contributed by atoms with van der Waals surface area (Å²) in [6, 6.07) is 4.80.